The monoisotopic (exact) mass is 202 g/mol. The van der Waals surface area contributed by atoms with Gasteiger partial charge < -0.3 is 0 Å². The van der Waals surface area contributed by atoms with E-state index in [1.54, 1.807) is 10.7 Å². The van der Waals surface area contributed by atoms with Crippen molar-refractivity contribution in [2.24, 2.45) is 0 Å². The van der Waals surface area contributed by atoms with Crippen molar-refractivity contribution in [1.29, 1.82) is 0 Å². The van der Waals surface area contributed by atoms with Crippen LogP contribution >= 0.6 is 0 Å². The van der Waals surface area contributed by atoms with Gasteiger partial charge in [0.1, 0.15) is 5.52 Å². The topological polar surface area (TPSA) is 60.2 Å². The molecule has 5 heteroatoms. The SMILES string of the molecule is Cc1nc(C=O)n2nc(C3CC3)ncc12. The minimum Gasteiger partial charge on any atom is -0.294 e. The van der Waals surface area contributed by atoms with Gasteiger partial charge in [-0.05, 0) is 19.8 Å². The van der Waals surface area contributed by atoms with Crippen LogP contribution in [0.25, 0.3) is 5.52 Å². The number of aromatic nitrogens is 4. The van der Waals surface area contributed by atoms with E-state index in [2.05, 4.69) is 15.1 Å². The second-order valence-electron chi connectivity index (χ2n) is 3.86. The Morgan fingerprint density at radius 1 is 1.53 bits per heavy atom. The maximum atomic E-state index is 10.8. The minimum absolute atomic E-state index is 0.354. The fraction of sp³-hybridized carbons (Fsp3) is 0.400. The first-order valence-electron chi connectivity index (χ1n) is 4.97. The minimum atomic E-state index is 0.354. The van der Waals surface area contributed by atoms with Gasteiger partial charge in [-0.1, -0.05) is 0 Å². The molecule has 15 heavy (non-hydrogen) atoms. The molecule has 1 aliphatic rings. The predicted molar refractivity (Wildman–Crippen MR) is 52.9 cm³/mol. The Hall–Kier alpha value is -1.78. The van der Waals surface area contributed by atoms with Gasteiger partial charge in [-0.15, -0.1) is 0 Å². The molecule has 1 saturated carbocycles. The largest absolute Gasteiger partial charge is 0.294 e. The number of carbonyl (C=O) groups is 1. The summed E-state index contributed by atoms with van der Waals surface area (Å²) < 4.78 is 1.59. The fourth-order valence-corrected chi connectivity index (χ4v) is 1.67. The highest BCUT2D eigenvalue weighted by atomic mass is 16.1. The Morgan fingerprint density at radius 2 is 2.33 bits per heavy atom. The summed E-state index contributed by atoms with van der Waals surface area (Å²) in [6, 6.07) is 0. The summed E-state index contributed by atoms with van der Waals surface area (Å²) in [5.74, 6) is 1.66. The molecule has 2 heterocycles. The molecule has 76 valence electrons. The van der Waals surface area contributed by atoms with E-state index >= 15 is 0 Å². The van der Waals surface area contributed by atoms with Crippen molar-refractivity contribution in [1.82, 2.24) is 19.6 Å². The number of hydrogen-bond acceptors (Lipinski definition) is 4. The third-order valence-electron chi connectivity index (χ3n) is 2.67. The van der Waals surface area contributed by atoms with Crippen LogP contribution in [0.3, 0.4) is 0 Å². The first-order valence-corrected chi connectivity index (χ1v) is 4.97. The van der Waals surface area contributed by atoms with Crippen LogP contribution in [0.4, 0.5) is 0 Å². The summed E-state index contributed by atoms with van der Waals surface area (Å²) >= 11 is 0. The van der Waals surface area contributed by atoms with E-state index in [-0.39, 0.29) is 0 Å². The molecular weight excluding hydrogens is 192 g/mol. The van der Waals surface area contributed by atoms with Crippen LogP contribution in [0.2, 0.25) is 0 Å². The van der Waals surface area contributed by atoms with E-state index in [1.165, 1.54) is 0 Å². The van der Waals surface area contributed by atoms with Gasteiger partial charge in [-0.25, -0.2) is 14.5 Å². The first kappa shape index (κ1) is 8.52. The van der Waals surface area contributed by atoms with Crippen LogP contribution in [-0.2, 0) is 0 Å². The summed E-state index contributed by atoms with van der Waals surface area (Å²) in [5.41, 5.74) is 1.60. The lowest BCUT2D eigenvalue weighted by Crippen LogP contribution is -2.02. The maximum Gasteiger partial charge on any atom is 0.194 e. The zero-order valence-corrected chi connectivity index (χ0v) is 8.34. The van der Waals surface area contributed by atoms with Crippen LogP contribution in [-0.4, -0.2) is 25.9 Å². The van der Waals surface area contributed by atoms with E-state index in [0.717, 1.165) is 36.2 Å². The van der Waals surface area contributed by atoms with E-state index < -0.39 is 0 Å². The van der Waals surface area contributed by atoms with Gasteiger partial charge in [-0.3, -0.25) is 4.79 Å². The van der Waals surface area contributed by atoms with Gasteiger partial charge in [-0.2, -0.15) is 5.10 Å². The molecule has 0 atom stereocenters. The Bertz CT molecular complexity index is 542. The summed E-state index contributed by atoms with van der Waals surface area (Å²) in [7, 11) is 0. The van der Waals surface area contributed by atoms with Gasteiger partial charge in [0.2, 0.25) is 0 Å². The lowest BCUT2D eigenvalue weighted by Gasteiger charge is -1.98. The number of hydrogen-bond donors (Lipinski definition) is 0. The van der Waals surface area contributed by atoms with Crippen molar-refractivity contribution in [2.45, 2.75) is 25.7 Å². The number of aryl methyl sites for hydroxylation is 1. The molecule has 0 unspecified atom stereocenters. The first-order chi connectivity index (χ1) is 7.29. The second-order valence-corrected chi connectivity index (χ2v) is 3.86. The Kier molecular flexibility index (Phi) is 1.62. The predicted octanol–water partition coefficient (Wildman–Crippen LogP) is 1.12. The van der Waals surface area contributed by atoms with E-state index in [4.69, 9.17) is 0 Å². The van der Waals surface area contributed by atoms with Gasteiger partial charge in [0.15, 0.2) is 17.9 Å². The molecule has 0 amide bonds. The number of aldehydes is 1. The number of carbonyl (C=O) groups excluding carboxylic acids is 1. The number of nitrogens with zero attached hydrogens (tertiary/aromatic N) is 4. The quantitative estimate of drug-likeness (QED) is 0.685. The van der Waals surface area contributed by atoms with Crippen molar-refractivity contribution in [3.63, 3.8) is 0 Å². The van der Waals surface area contributed by atoms with Crippen LogP contribution < -0.4 is 0 Å². The molecule has 0 aromatic carbocycles. The molecule has 2 aromatic rings. The van der Waals surface area contributed by atoms with Gasteiger partial charge >= 0.3 is 0 Å². The fourth-order valence-electron chi connectivity index (χ4n) is 1.67. The molecule has 0 bridgehead atoms. The van der Waals surface area contributed by atoms with Crippen molar-refractivity contribution in [3.05, 3.63) is 23.5 Å². The van der Waals surface area contributed by atoms with E-state index in [1.807, 2.05) is 6.92 Å². The lowest BCUT2D eigenvalue weighted by atomic mass is 10.4. The van der Waals surface area contributed by atoms with Crippen molar-refractivity contribution in [2.75, 3.05) is 0 Å². The molecule has 0 N–H and O–H groups in total. The molecule has 1 aliphatic carbocycles. The average molecular weight is 202 g/mol. The van der Waals surface area contributed by atoms with Crippen molar-refractivity contribution in [3.8, 4) is 0 Å². The van der Waals surface area contributed by atoms with Crippen LogP contribution in [0, 0.1) is 6.92 Å². The molecule has 5 nitrogen and oxygen atoms in total. The number of rotatable bonds is 2. The standard InChI is InChI=1S/C10H10N4O/c1-6-8-4-11-10(7-2-3-7)13-14(8)9(5-15)12-6/h4-5,7H,2-3H2,1H3. The summed E-state index contributed by atoms with van der Waals surface area (Å²) in [4.78, 5) is 19.2. The molecule has 2 aromatic heterocycles. The van der Waals surface area contributed by atoms with Crippen LogP contribution in [0.1, 0.15) is 40.9 Å². The average Bonchev–Trinajstić information content (AvgIpc) is 3.05. The highest BCUT2D eigenvalue weighted by Gasteiger charge is 2.27. The van der Waals surface area contributed by atoms with Gasteiger partial charge in [0.25, 0.3) is 0 Å². The Balaban J connectivity index is 2.27. The zero-order valence-electron chi connectivity index (χ0n) is 8.34. The number of fused-ring (bicyclic) bond motifs is 1. The highest BCUT2D eigenvalue weighted by molar-refractivity contribution is 5.72. The Labute approximate surface area is 86.2 Å². The normalized spacial score (nSPS) is 15.8. The van der Waals surface area contributed by atoms with Gasteiger partial charge in [0.05, 0.1) is 11.9 Å². The second kappa shape index (κ2) is 2.85. The van der Waals surface area contributed by atoms with E-state index in [9.17, 15) is 4.79 Å². The molecule has 0 radical (unpaired) electrons. The third kappa shape index (κ3) is 1.23. The molecule has 0 spiro atoms. The molecule has 3 rings (SSSR count). The molecule has 1 fully saturated rings. The summed E-state index contributed by atoms with van der Waals surface area (Å²) in [5, 5.41) is 4.34. The Morgan fingerprint density at radius 3 is 3.00 bits per heavy atom. The van der Waals surface area contributed by atoms with Crippen molar-refractivity contribution < 1.29 is 4.79 Å². The summed E-state index contributed by atoms with van der Waals surface area (Å²) in [6.45, 7) is 1.85. The van der Waals surface area contributed by atoms with Crippen molar-refractivity contribution >= 4 is 11.8 Å². The maximum absolute atomic E-state index is 10.8. The summed E-state index contributed by atoms with van der Waals surface area (Å²) in [6.07, 6.45) is 4.77. The van der Waals surface area contributed by atoms with E-state index in [0.29, 0.717) is 11.7 Å². The van der Waals surface area contributed by atoms with Gasteiger partial charge in [0, 0.05) is 5.92 Å². The zero-order chi connectivity index (χ0) is 10.4. The lowest BCUT2D eigenvalue weighted by molar-refractivity contribution is 0.111. The third-order valence-corrected chi connectivity index (χ3v) is 2.67. The van der Waals surface area contributed by atoms with Crippen LogP contribution in [0.15, 0.2) is 6.20 Å². The number of imidazole rings is 1. The molecule has 0 saturated heterocycles. The molecular formula is C10H10N4O. The highest BCUT2D eigenvalue weighted by Crippen LogP contribution is 2.37. The van der Waals surface area contributed by atoms with Crippen LogP contribution in [0.5, 0.6) is 0 Å². The molecule has 0 aliphatic heterocycles. The smallest absolute Gasteiger partial charge is 0.194 e.